The molecule has 2 heterocycles. The molecule has 2 aliphatic heterocycles. The Bertz CT molecular complexity index is 788. The third kappa shape index (κ3) is 3.72. The Balaban J connectivity index is 1.48. The normalized spacial score (nSPS) is 25.5. The first-order valence-corrected chi connectivity index (χ1v) is 9.47. The fraction of sp³-hybridized carbons (Fsp3) is 0.500. The van der Waals surface area contributed by atoms with E-state index in [-0.39, 0.29) is 30.7 Å². The van der Waals surface area contributed by atoms with Gasteiger partial charge in [-0.2, -0.15) is 5.10 Å². The molecule has 0 aromatic heterocycles. The van der Waals surface area contributed by atoms with Gasteiger partial charge in [-0.05, 0) is 30.2 Å². The molecular formula is C20H23N3O4. The topological polar surface area (TPSA) is 90.3 Å². The van der Waals surface area contributed by atoms with Gasteiger partial charge in [-0.1, -0.05) is 30.3 Å². The van der Waals surface area contributed by atoms with Crippen molar-refractivity contribution in [3.8, 4) is 0 Å². The van der Waals surface area contributed by atoms with E-state index in [2.05, 4.69) is 5.10 Å². The van der Waals surface area contributed by atoms with Crippen molar-refractivity contribution >= 4 is 23.5 Å². The quantitative estimate of drug-likeness (QED) is 0.856. The third-order valence-electron chi connectivity index (χ3n) is 5.72. The standard InChI is InChI=1S/C20H23N3O4/c24-18-9-8-17(21-23(18)10-13-4-2-1-3-5-13)19(25)22-11-15(14-6-7-14)16(12-22)20(26)27/h1-5,14-16H,6-12H2,(H,26,27)/t15-,16+/m1/s1. The average Bonchev–Trinajstić information content (AvgIpc) is 3.41. The number of carbonyl (C=O) groups is 3. The number of carbonyl (C=O) groups excluding carboxylic acids is 2. The van der Waals surface area contributed by atoms with Gasteiger partial charge in [0.1, 0.15) is 5.71 Å². The van der Waals surface area contributed by atoms with E-state index in [1.165, 1.54) is 5.01 Å². The first kappa shape index (κ1) is 17.7. The molecule has 1 aromatic carbocycles. The van der Waals surface area contributed by atoms with Crippen LogP contribution in [0.3, 0.4) is 0 Å². The average molecular weight is 369 g/mol. The zero-order valence-corrected chi connectivity index (χ0v) is 15.1. The van der Waals surface area contributed by atoms with Gasteiger partial charge in [0.15, 0.2) is 0 Å². The van der Waals surface area contributed by atoms with Gasteiger partial charge in [0, 0.05) is 25.9 Å². The summed E-state index contributed by atoms with van der Waals surface area (Å²) in [6, 6.07) is 9.53. The van der Waals surface area contributed by atoms with Crippen molar-refractivity contribution in [1.29, 1.82) is 0 Å². The van der Waals surface area contributed by atoms with Crippen LogP contribution in [0.4, 0.5) is 0 Å². The number of likely N-dealkylation sites (tertiary alicyclic amines) is 1. The molecule has 2 amide bonds. The number of hydrogen-bond acceptors (Lipinski definition) is 4. The monoisotopic (exact) mass is 369 g/mol. The third-order valence-corrected chi connectivity index (χ3v) is 5.72. The molecular weight excluding hydrogens is 346 g/mol. The summed E-state index contributed by atoms with van der Waals surface area (Å²) in [4.78, 5) is 38.3. The molecule has 0 bridgehead atoms. The Morgan fingerprint density at radius 1 is 1.11 bits per heavy atom. The van der Waals surface area contributed by atoms with Gasteiger partial charge >= 0.3 is 5.97 Å². The summed E-state index contributed by atoms with van der Waals surface area (Å²) in [5.41, 5.74) is 1.30. The highest BCUT2D eigenvalue weighted by Gasteiger charge is 2.47. The zero-order chi connectivity index (χ0) is 19.0. The number of carboxylic acids is 1. The molecule has 4 rings (SSSR count). The smallest absolute Gasteiger partial charge is 0.308 e. The van der Waals surface area contributed by atoms with E-state index in [9.17, 15) is 19.5 Å². The maximum atomic E-state index is 12.9. The molecule has 1 saturated carbocycles. The van der Waals surface area contributed by atoms with E-state index in [0.717, 1.165) is 18.4 Å². The number of benzene rings is 1. The summed E-state index contributed by atoms with van der Waals surface area (Å²) >= 11 is 0. The minimum absolute atomic E-state index is 0.0395. The molecule has 1 aliphatic carbocycles. The molecule has 0 spiro atoms. The molecule has 27 heavy (non-hydrogen) atoms. The van der Waals surface area contributed by atoms with Crippen LogP contribution in [-0.2, 0) is 20.9 Å². The van der Waals surface area contributed by atoms with Crippen LogP contribution in [0.25, 0.3) is 0 Å². The minimum Gasteiger partial charge on any atom is -0.481 e. The van der Waals surface area contributed by atoms with E-state index >= 15 is 0 Å². The van der Waals surface area contributed by atoms with Gasteiger partial charge < -0.3 is 10.0 Å². The van der Waals surface area contributed by atoms with Crippen molar-refractivity contribution in [2.45, 2.75) is 32.2 Å². The first-order valence-electron chi connectivity index (χ1n) is 9.47. The van der Waals surface area contributed by atoms with Gasteiger partial charge in [-0.15, -0.1) is 0 Å². The first-order chi connectivity index (χ1) is 13.0. The van der Waals surface area contributed by atoms with Crippen molar-refractivity contribution in [2.24, 2.45) is 22.9 Å². The van der Waals surface area contributed by atoms with Crippen LogP contribution >= 0.6 is 0 Å². The molecule has 142 valence electrons. The molecule has 1 saturated heterocycles. The number of hydrazone groups is 1. The molecule has 0 unspecified atom stereocenters. The van der Waals surface area contributed by atoms with E-state index in [1.807, 2.05) is 30.3 Å². The highest BCUT2D eigenvalue weighted by atomic mass is 16.4. The fourth-order valence-corrected chi connectivity index (χ4v) is 4.08. The van der Waals surface area contributed by atoms with Crippen molar-refractivity contribution in [2.75, 3.05) is 13.1 Å². The van der Waals surface area contributed by atoms with Crippen LogP contribution in [0, 0.1) is 17.8 Å². The van der Waals surface area contributed by atoms with E-state index in [4.69, 9.17) is 0 Å². The van der Waals surface area contributed by atoms with Crippen molar-refractivity contribution in [3.05, 3.63) is 35.9 Å². The minimum atomic E-state index is -0.825. The predicted molar refractivity (Wildman–Crippen MR) is 97.6 cm³/mol. The number of nitrogens with zero attached hydrogens (tertiary/aromatic N) is 3. The summed E-state index contributed by atoms with van der Waals surface area (Å²) in [7, 11) is 0. The summed E-state index contributed by atoms with van der Waals surface area (Å²) in [6.45, 7) is 1.05. The van der Waals surface area contributed by atoms with Crippen LogP contribution in [0.15, 0.2) is 35.4 Å². The SMILES string of the molecule is O=C(O)[C@H]1CN(C(=O)C2=NN(Cc3ccccc3)C(=O)CC2)C[C@@H]1C1CC1. The van der Waals surface area contributed by atoms with Crippen molar-refractivity contribution in [3.63, 3.8) is 0 Å². The summed E-state index contributed by atoms with van der Waals surface area (Å²) in [6.07, 6.45) is 2.67. The van der Waals surface area contributed by atoms with Gasteiger partial charge in [-0.25, -0.2) is 5.01 Å². The lowest BCUT2D eigenvalue weighted by molar-refractivity contribution is -0.142. The van der Waals surface area contributed by atoms with Crippen LogP contribution in [-0.4, -0.2) is 51.6 Å². The number of aliphatic carboxylic acids is 1. The highest BCUT2D eigenvalue weighted by molar-refractivity contribution is 6.39. The molecule has 2 atom stereocenters. The number of carboxylic acid groups (broad SMARTS) is 1. The van der Waals surface area contributed by atoms with Gasteiger partial charge in [-0.3, -0.25) is 14.4 Å². The second-order valence-corrected chi connectivity index (χ2v) is 7.64. The molecule has 2 fully saturated rings. The predicted octanol–water partition coefficient (Wildman–Crippen LogP) is 1.73. The van der Waals surface area contributed by atoms with Crippen molar-refractivity contribution in [1.82, 2.24) is 9.91 Å². The van der Waals surface area contributed by atoms with Crippen LogP contribution < -0.4 is 0 Å². The van der Waals surface area contributed by atoms with Crippen LogP contribution in [0.5, 0.6) is 0 Å². The second kappa shape index (κ2) is 7.13. The van der Waals surface area contributed by atoms with E-state index in [0.29, 0.717) is 31.1 Å². The van der Waals surface area contributed by atoms with Crippen LogP contribution in [0.1, 0.15) is 31.2 Å². The van der Waals surface area contributed by atoms with Crippen molar-refractivity contribution < 1.29 is 19.5 Å². The number of amides is 2. The molecule has 7 nitrogen and oxygen atoms in total. The number of hydrogen-bond donors (Lipinski definition) is 1. The van der Waals surface area contributed by atoms with Gasteiger partial charge in [0.25, 0.3) is 5.91 Å². The molecule has 7 heteroatoms. The summed E-state index contributed by atoms with van der Waals surface area (Å²) in [5.74, 6) is -1.18. The Hall–Kier alpha value is -2.70. The number of rotatable bonds is 5. The Morgan fingerprint density at radius 3 is 2.52 bits per heavy atom. The maximum absolute atomic E-state index is 12.9. The Kier molecular flexibility index (Phi) is 4.68. The maximum Gasteiger partial charge on any atom is 0.308 e. The molecule has 0 radical (unpaired) electrons. The highest BCUT2D eigenvalue weighted by Crippen LogP contribution is 2.44. The van der Waals surface area contributed by atoms with Gasteiger partial charge in [0.05, 0.1) is 12.5 Å². The van der Waals surface area contributed by atoms with E-state index < -0.39 is 11.9 Å². The summed E-state index contributed by atoms with van der Waals surface area (Å²) < 4.78 is 0. The Labute approximate surface area is 157 Å². The summed E-state index contributed by atoms with van der Waals surface area (Å²) in [5, 5.41) is 15.2. The lowest BCUT2D eigenvalue weighted by Gasteiger charge is -2.25. The lowest BCUT2D eigenvalue weighted by Crippen LogP contribution is -2.40. The molecule has 1 N–H and O–H groups in total. The second-order valence-electron chi connectivity index (χ2n) is 7.64. The Morgan fingerprint density at radius 2 is 1.85 bits per heavy atom. The largest absolute Gasteiger partial charge is 0.481 e. The van der Waals surface area contributed by atoms with E-state index in [1.54, 1.807) is 4.90 Å². The molecule has 3 aliphatic rings. The van der Waals surface area contributed by atoms with Gasteiger partial charge in [0.2, 0.25) is 5.91 Å². The van der Waals surface area contributed by atoms with Crippen LogP contribution in [0.2, 0.25) is 0 Å². The molecule has 1 aromatic rings. The lowest BCUT2D eigenvalue weighted by atomic mass is 9.92. The fourth-order valence-electron chi connectivity index (χ4n) is 4.08. The zero-order valence-electron chi connectivity index (χ0n) is 15.1.